The van der Waals surface area contributed by atoms with Crippen molar-refractivity contribution in [2.45, 2.75) is 19.8 Å². The van der Waals surface area contributed by atoms with Gasteiger partial charge in [-0.1, -0.05) is 44.2 Å². The molecule has 0 aliphatic heterocycles. The van der Waals surface area contributed by atoms with E-state index in [1.165, 1.54) is 27.1 Å². The van der Waals surface area contributed by atoms with Crippen molar-refractivity contribution in [3.8, 4) is 0 Å². The van der Waals surface area contributed by atoms with Gasteiger partial charge in [0.15, 0.2) is 0 Å². The van der Waals surface area contributed by atoms with E-state index in [4.69, 9.17) is 4.42 Å². The molecular weight excluding hydrogens is 270 g/mol. The summed E-state index contributed by atoms with van der Waals surface area (Å²) in [5.74, 6) is 0.513. The van der Waals surface area contributed by atoms with Crippen LogP contribution in [0.1, 0.15) is 25.3 Å². The maximum absolute atomic E-state index is 6.02. The van der Waals surface area contributed by atoms with Gasteiger partial charge >= 0.3 is 0 Å². The molecule has 0 atom stereocenters. The summed E-state index contributed by atoms with van der Waals surface area (Å²) in [4.78, 5) is 4.65. The van der Waals surface area contributed by atoms with E-state index in [2.05, 4.69) is 49.2 Å². The average molecular weight is 285 g/mol. The zero-order valence-electron chi connectivity index (χ0n) is 12.6. The smallest absolute Gasteiger partial charge is 0.139 e. The molecule has 0 unspecified atom stereocenters. The van der Waals surface area contributed by atoms with Gasteiger partial charge in [-0.15, -0.1) is 0 Å². The summed E-state index contributed by atoms with van der Waals surface area (Å²) in [6.45, 7) is 4.46. The second kappa shape index (κ2) is 3.98. The SMILES string of the molecule is CC(C)c1ccc2c(c1)c1cccc3oc4ccnc2c4c31. The second-order valence-corrected chi connectivity index (χ2v) is 6.27. The second-order valence-electron chi connectivity index (χ2n) is 6.27. The van der Waals surface area contributed by atoms with Crippen LogP contribution in [-0.4, -0.2) is 4.98 Å². The zero-order chi connectivity index (χ0) is 14.8. The molecule has 22 heavy (non-hydrogen) atoms. The fourth-order valence-corrected chi connectivity index (χ4v) is 3.54. The van der Waals surface area contributed by atoms with Crippen molar-refractivity contribution in [1.29, 1.82) is 0 Å². The van der Waals surface area contributed by atoms with Crippen molar-refractivity contribution in [2.75, 3.05) is 0 Å². The number of hydrogen-bond acceptors (Lipinski definition) is 2. The molecule has 0 aliphatic carbocycles. The Labute approximate surface area is 127 Å². The van der Waals surface area contributed by atoms with Crippen LogP contribution >= 0.6 is 0 Å². The molecule has 0 N–H and O–H groups in total. The van der Waals surface area contributed by atoms with Crippen LogP contribution in [0.3, 0.4) is 0 Å². The van der Waals surface area contributed by atoms with Crippen LogP contribution in [0.4, 0.5) is 0 Å². The number of hydrogen-bond donors (Lipinski definition) is 0. The fraction of sp³-hybridized carbons (Fsp3) is 0.150. The predicted octanol–water partition coefficient (Wildman–Crippen LogP) is 5.85. The minimum absolute atomic E-state index is 0.513. The molecule has 2 nitrogen and oxygen atoms in total. The van der Waals surface area contributed by atoms with Gasteiger partial charge in [0.25, 0.3) is 0 Å². The normalized spacial score (nSPS) is 12.5. The van der Waals surface area contributed by atoms with Gasteiger partial charge < -0.3 is 4.42 Å². The van der Waals surface area contributed by atoms with Gasteiger partial charge in [0.05, 0.1) is 10.9 Å². The van der Waals surface area contributed by atoms with Gasteiger partial charge in [-0.2, -0.15) is 0 Å². The Morgan fingerprint density at radius 1 is 0.864 bits per heavy atom. The van der Waals surface area contributed by atoms with Crippen LogP contribution in [0.15, 0.2) is 53.1 Å². The minimum Gasteiger partial charge on any atom is -0.456 e. The first-order chi connectivity index (χ1) is 10.7. The quantitative estimate of drug-likeness (QED) is 0.361. The number of fused-ring (bicyclic) bond motifs is 3. The van der Waals surface area contributed by atoms with E-state index < -0.39 is 0 Å². The van der Waals surface area contributed by atoms with Crippen LogP contribution in [-0.2, 0) is 0 Å². The molecular formula is C20H15NO. The van der Waals surface area contributed by atoms with Crippen LogP contribution in [0.25, 0.3) is 43.6 Å². The summed E-state index contributed by atoms with van der Waals surface area (Å²) in [5, 5.41) is 6.09. The summed E-state index contributed by atoms with van der Waals surface area (Å²) in [5.41, 5.74) is 4.27. The Bertz CT molecular complexity index is 1150. The lowest BCUT2D eigenvalue weighted by molar-refractivity contribution is 0.669. The molecule has 2 aromatic heterocycles. The average Bonchev–Trinajstić information content (AvgIpc) is 2.92. The topological polar surface area (TPSA) is 26.0 Å². The maximum Gasteiger partial charge on any atom is 0.139 e. The molecule has 0 amide bonds. The third-order valence-corrected chi connectivity index (χ3v) is 4.66. The third-order valence-electron chi connectivity index (χ3n) is 4.66. The first-order valence-electron chi connectivity index (χ1n) is 7.69. The predicted molar refractivity (Wildman–Crippen MR) is 91.8 cm³/mol. The molecule has 5 aromatic rings. The highest BCUT2D eigenvalue weighted by molar-refractivity contribution is 6.31. The Hall–Kier alpha value is -2.61. The Morgan fingerprint density at radius 2 is 1.73 bits per heavy atom. The van der Waals surface area contributed by atoms with Crippen LogP contribution < -0.4 is 0 Å². The largest absolute Gasteiger partial charge is 0.456 e. The van der Waals surface area contributed by atoms with E-state index in [1.54, 1.807) is 0 Å². The minimum atomic E-state index is 0.513. The monoisotopic (exact) mass is 285 g/mol. The van der Waals surface area contributed by atoms with E-state index >= 15 is 0 Å². The van der Waals surface area contributed by atoms with Crippen LogP contribution in [0.5, 0.6) is 0 Å². The number of nitrogens with zero attached hydrogens (tertiary/aromatic N) is 1. The highest BCUT2D eigenvalue weighted by Crippen LogP contribution is 2.41. The van der Waals surface area contributed by atoms with Gasteiger partial charge in [0.2, 0.25) is 0 Å². The number of rotatable bonds is 1. The lowest BCUT2D eigenvalue weighted by Gasteiger charge is -2.11. The number of furan rings is 1. The molecule has 0 saturated carbocycles. The molecule has 106 valence electrons. The number of pyridine rings is 1. The lowest BCUT2D eigenvalue weighted by Crippen LogP contribution is -1.89. The molecule has 2 heterocycles. The molecule has 3 aromatic carbocycles. The summed E-state index contributed by atoms with van der Waals surface area (Å²) < 4.78 is 6.02. The van der Waals surface area contributed by atoms with Crippen LogP contribution in [0.2, 0.25) is 0 Å². The maximum atomic E-state index is 6.02. The highest BCUT2D eigenvalue weighted by atomic mass is 16.3. The van der Waals surface area contributed by atoms with Crippen molar-refractivity contribution < 1.29 is 4.42 Å². The Balaban J connectivity index is 2.15. The first-order valence-corrected chi connectivity index (χ1v) is 7.69. The Kier molecular flexibility index (Phi) is 2.17. The molecule has 0 aliphatic rings. The number of benzene rings is 3. The van der Waals surface area contributed by atoms with E-state index in [0.717, 1.165) is 22.1 Å². The zero-order valence-corrected chi connectivity index (χ0v) is 12.6. The molecule has 5 rings (SSSR count). The molecule has 2 heteroatoms. The van der Waals surface area contributed by atoms with E-state index in [0.29, 0.717) is 5.92 Å². The number of aromatic nitrogens is 1. The van der Waals surface area contributed by atoms with Crippen molar-refractivity contribution >= 4 is 43.6 Å². The summed E-state index contributed by atoms with van der Waals surface area (Å²) >= 11 is 0. The van der Waals surface area contributed by atoms with Gasteiger partial charge in [0, 0.05) is 17.0 Å². The van der Waals surface area contributed by atoms with E-state index in [-0.39, 0.29) is 0 Å². The molecule has 0 saturated heterocycles. The van der Waals surface area contributed by atoms with Gasteiger partial charge in [0.1, 0.15) is 11.2 Å². The van der Waals surface area contributed by atoms with Crippen molar-refractivity contribution in [2.24, 2.45) is 0 Å². The third kappa shape index (κ3) is 1.37. The van der Waals surface area contributed by atoms with Crippen molar-refractivity contribution in [3.63, 3.8) is 0 Å². The van der Waals surface area contributed by atoms with Gasteiger partial charge in [-0.25, -0.2) is 0 Å². The summed E-state index contributed by atoms with van der Waals surface area (Å²) in [6.07, 6.45) is 1.84. The molecule has 0 radical (unpaired) electrons. The summed E-state index contributed by atoms with van der Waals surface area (Å²) in [6, 6.07) is 15.0. The van der Waals surface area contributed by atoms with E-state index in [1.807, 2.05) is 18.3 Å². The van der Waals surface area contributed by atoms with Gasteiger partial charge in [-0.3, -0.25) is 4.98 Å². The fourth-order valence-electron chi connectivity index (χ4n) is 3.54. The van der Waals surface area contributed by atoms with Crippen molar-refractivity contribution in [1.82, 2.24) is 4.98 Å². The van der Waals surface area contributed by atoms with Crippen molar-refractivity contribution in [3.05, 3.63) is 54.2 Å². The first kappa shape index (κ1) is 12.0. The summed E-state index contributed by atoms with van der Waals surface area (Å²) in [7, 11) is 0. The molecule has 0 bridgehead atoms. The lowest BCUT2D eigenvalue weighted by atomic mass is 9.93. The standard InChI is InChI=1S/C20H15NO/c1-11(2)12-6-7-14-15(10-12)13-4-3-5-16-18(13)19-17(22-16)8-9-21-20(14)19/h3-11H,1-2H3. The molecule has 0 fully saturated rings. The van der Waals surface area contributed by atoms with Crippen LogP contribution in [0, 0.1) is 0 Å². The molecule has 0 spiro atoms. The highest BCUT2D eigenvalue weighted by Gasteiger charge is 2.17. The van der Waals surface area contributed by atoms with Gasteiger partial charge in [-0.05, 0) is 34.4 Å². The Morgan fingerprint density at radius 3 is 2.59 bits per heavy atom. The van der Waals surface area contributed by atoms with E-state index in [9.17, 15) is 0 Å².